The third-order valence-electron chi connectivity index (χ3n) is 3.31. The van der Waals surface area contributed by atoms with Gasteiger partial charge in [0.05, 0.1) is 12.6 Å². The molecule has 1 heterocycles. The Morgan fingerprint density at radius 2 is 1.96 bits per heavy atom. The van der Waals surface area contributed by atoms with Crippen LogP contribution in [0.1, 0.15) is 31.3 Å². The number of aromatic nitrogens is 2. The molecule has 0 radical (unpaired) electrons. The zero-order chi connectivity index (χ0) is 16.0. The highest BCUT2D eigenvalue weighted by molar-refractivity contribution is 5.85. The molecule has 0 aliphatic heterocycles. The maximum Gasteiger partial charge on any atom is 0.315 e. The molecule has 0 spiro atoms. The average molecular weight is 341 g/mol. The monoisotopic (exact) mass is 340 g/mol. The molecule has 6 nitrogen and oxygen atoms in total. The number of benzene rings is 1. The van der Waals surface area contributed by atoms with Crippen LogP contribution in [-0.2, 0) is 11.2 Å². The molecule has 2 aromatic rings. The Morgan fingerprint density at radius 3 is 2.61 bits per heavy atom. The van der Waals surface area contributed by atoms with Crippen molar-refractivity contribution in [3.63, 3.8) is 0 Å². The number of hydrogen-bond acceptors (Lipinski definition) is 6. The predicted molar refractivity (Wildman–Crippen MR) is 92.8 cm³/mol. The summed E-state index contributed by atoms with van der Waals surface area (Å²) in [4.78, 5) is 0. The van der Waals surface area contributed by atoms with Gasteiger partial charge >= 0.3 is 6.01 Å². The highest BCUT2D eigenvalue weighted by Crippen LogP contribution is 2.19. The van der Waals surface area contributed by atoms with E-state index in [1.165, 1.54) is 0 Å². The van der Waals surface area contributed by atoms with Gasteiger partial charge in [0.1, 0.15) is 0 Å². The van der Waals surface area contributed by atoms with Gasteiger partial charge in [-0.1, -0.05) is 49.3 Å². The molecule has 0 fully saturated rings. The van der Waals surface area contributed by atoms with Gasteiger partial charge in [0, 0.05) is 19.1 Å². The van der Waals surface area contributed by atoms with Crippen LogP contribution in [0.2, 0.25) is 0 Å². The van der Waals surface area contributed by atoms with Gasteiger partial charge in [-0.3, -0.25) is 0 Å². The molecule has 1 aromatic heterocycles. The highest BCUT2D eigenvalue weighted by Gasteiger charge is 2.20. The number of rotatable bonds is 8. The summed E-state index contributed by atoms with van der Waals surface area (Å²) in [5.74, 6) is 0.441. The lowest BCUT2D eigenvalue weighted by molar-refractivity contribution is 0.112. The Balaban J connectivity index is 0.00000264. The number of hydrogen-bond donors (Lipinski definition) is 2. The van der Waals surface area contributed by atoms with Crippen molar-refractivity contribution >= 4 is 18.4 Å². The molecule has 0 aliphatic carbocycles. The van der Waals surface area contributed by atoms with Gasteiger partial charge < -0.3 is 20.2 Å². The number of nitrogens with one attached hydrogen (secondary N) is 1. The molecule has 0 amide bonds. The molecule has 7 heteroatoms. The molecule has 0 unspecified atom stereocenters. The van der Waals surface area contributed by atoms with Crippen LogP contribution in [-0.4, -0.2) is 30.5 Å². The van der Waals surface area contributed by atoms with Crippen molar-refractivity contribution in [1.29, 1.82) is 0 Å². The van der Waals surface area contributed by atoms with E-state index in [-0.39, 0.29) is 23.9 Å². The maximum absolute atomic E-state index is 6.13. The minimum atomic E-state index is -0.308. The number of anilines is 1. The summed E-state index contributed by atoms with van der Waals surface area (Å²) in [6.07, 6.45) is 0.664. The fourth-order valence-corrected chi connectivity index (χ4v) is 2.17. The fraction of sp³-hybridized carbons (Fsp3) is 0.500. The van der Waals surface area contributed by atoms with Crippen molar-refractivity contribution in [1.82, 2.24) is 10.2 Å². The first-order valence-electron chi connectivity index (χ1n) is 7.36. The summed E-state index contributed by atoms with van der Waals surface area (Å²) in [6, 6.07) is 10.1. The fourth-order valence-electron chi connectivity index (χ4n) is 2.17. The van der Waals surface area contributed by atoms with Crippen LogP contribution in [0.4, 0.5) is 6.01 Å². The largest absolute Gasteiger partial charge is 0.406 e. The number of methoxy groups -OCH3 is 1. The lowest BCUT2D eigenvalue weighted by Gasteiger charge is -2.22. The topological polar surface area (TPSA) is 86.2 Å². The van der Waals surface area contributed by atoms with Gasteiger partial charge in [0.15, 0.2) is 0 Å². The van der Waals surface area contributed by atoms with E-state index in [4.69, 9.17) is 14.9 Å². The van der Waals surface area contributed by atoms with E-state index in [2.05, 4.69) is 29.4 Å². The molecule has 3 N–H and O–H groups in total. The molecular formula is C16H25ClN4O2. The third-order valence-corrected chi connectivity index (χ3v) is 3.31. The van der Waals surface area contributed by atoms with Crippen LogP contribution in [0, 0.1) is 5.41 Å². The molecule has 0 saturated heterocycles. The quantitative estimate of drug-likeness (QED) is 0.768. The minimum Gasteiger partial charge on any atom is -0.406 e. The summed E-state index contributed by atoms with van der Waals surface area (Å²) in [6.45, 7) is 5.52. The Bertz CT molecular complexity index is 574. The van der Waals surface area contributed by atoms with Gasteiger partial charge in [-0.2, -0.15) is 0 Å². The number of nitrogens with zero attached hydrogens (tertiary/aromatic N) is 2. The summed E-state index contributed by atoms with van der Waals surface area (Å²) >= 11 is 0. The zero-order valence-corrected chi connectivity index (χ0v) is 14.6. The minimum absolute atomic E-state index is 0. The Hall–Kier alpha value is -1.63. The van der Waals surface area contributed by atoms with E-state index in [1.807, 2.05) is 30.3 Å². The molecule has 1 aromatic carbocycles. The van der Waals surface area contributed by atoms with Crippen molar-refractivity contribution in [3.8, 4) is 0 Å². The van der Waals surface area contributed by atoms with Gasteiger partial charge in [0.25, 0.3) is 0 Å². The summed E-state index contributed by atoms with van der Waals surface area (Å²) in [5.41, 5.74) is 7.25. The van der Waals surface area contributed by atoms with Gasteiger partial charge in [-0.15, -0.1) is 17.5 Å². The number of halogens is 1. The Morgan fingerprint density at radius 1 is 1.26 bits per heavy atom. The molecular weight excluding hydrogens is 316 g/mol. The number of nitrogens with two attached hydrogens (primary N) is 1. The molecule has 0 saturated carbocycles. The van der Waals surface area contributed by atoms with Crippen molar-refractivity contribution in [2.45, 2.75) is 26.3 Å². The van der Waals surface area contributed by atoms with Crippen LogP contribution >= 0.6 is 12.4 Å². The first kappa shape index (κ1) is 19.4. The van der Waals surface area contributed by atoms with E-state index < -0.39 is 0 Å². The average Bonchev–Trinajstić information content (AvgIpc) is 2.95. The van der Waals surface area contributed by atoms with Crippen molar-refractivity contribution in [2.75, 3.05) is 25.6 Å². The Labute approximate surface area is 143 Å². The highest BCUT2D eigenvalue weighted by atomic mass is 35.5. The van der Waals surface area contributed by atoms with Crippen LogP contribution < -0.4 is 11.1 Å². The zero-order valence-electron chi connectivity index (χ0n) is 13.8. The molecule has 128 valence electrons. The lowest BCUT2D eigenvalue weighted by Crippen LogP contribution is -2.27. The smallest absolute Gasteiger partial charge is 0.315 e. The molecule has 0 aliphatic rings. The number of ether oxygens (including phenoxy) is 1. The normalized spacial score (nSPS) is 12.5. The van der Waals surface area contributed by atoms with E-state index in [9.17, 15) is 0 Å². The summed E-state index contributed by atoms with van der Waals surface area (Å²) < 4.78 is 10.8. The molecule has 23 heavy (non-hydrogen) atoms. The standard InChI is InChI=1S/C16H24N4O2.ClH/c1-16(2,11-21-3)10-18-15-20-19-14(22-15)13(17)9-12-7-5-4-6-8-12;/h4-8,13H,9-11,17H2,1-3H3,(H,18,20);1H/t13-;/m1./s1. The summed E-state index contributed by atoms with van der Waals surface area (Å²) in [7, 11) is 1.69. The Kier molecular flexibility index (Phi) is 7.48. The molecule has 1 atom stereocenters. The van der Waals surface area contributed by atoms with Gasteiger partial charge in [-0.05, 0) is 12.0 Å². The molecule has 0 bridgehead atoms. The molecule has 2 rings (SSSR count). The lowest BCUT2D eigenvalue weighted by atomic mass is 9.95. The van der Waals surface area contributed by atoms with Gasteiger partial charge in [0.2, 0.25) is 5.89 Å². The van der Waals surface area contributed by atoms with Gasteiger partial charge in [-0.25, -0.2) is 0 Å². The van der Waals surface area contributed by atoms with Crippen LogP contribution in [0.25, 0.3) is 0 Å². The van der Waals surface area contributed by atoms with Crippen molar-refractivity contribution in [3.05, 3.63) is 41.8 Å². The second-order valence-electron chi connectivity index (χ2n) is 6.19. The second kappa shape index (κ2) is 8.86. The van der Waals surface area contributed by atoms with E-state index in [0.29, 0.717) is 31.5 Å². The summed E-state index contributed by atoms with van der Waals surface area (Å²) in [5, 5.41) is 11.2. The van der Waals surface area contributed by atoms with Crippen LogP contribution in [0.15, 0.2) is 34.7 Å². The first-order valence-corrected chi connectivity index (χ1v) is 7.36. The maximum atomic E-state index is 6.13. The van der Waals surface area contributed by atoms with E-state index in [0.717, 1.165) is 5.56 Å². The van der Waals surface area contributed by atoms with Crippen molar-refractivity contribution in [2.24, 2.45) is 11.1 Å². The van der Waals surface area contributed by atoms with E-state index >= 15 is 0 Å². The van der Waals surface area contributed by atoms with Crippen molar-refractivity contribution < 1.29 is 9.15 Å². The first-order chi connectivity index (χ1) is 10.5. The third kappa shape index (κ3) is 6.17. The second-order valence-corrected chi connectivity index (χ2v) is 6.19. The van der Waals surface area contributed by atoms with E-state index in [1.54, 1.807) is 7.11 Å². The SMILES string of the molecule is COCC(C)(C)CNc1nnc([C@H](N)Cc2ccccc2)o1.Cl. The van der Waals surface area contributed by atoms with Crippen LogP contribution in [0.5, 0.6) is 0 Å². The predicted octanol–water partition coefficient (Wildman–Crippen LogP) is 2.82. The van der Waals surface area contributed by atoms with Crippen LogP contribution in [0.3, 0.4) is 0 Å².